The minimum atomic E-state index is -2.30. The predicted octanol–water partition coefficient (Wildman–Crippen LogP) is 3.38. The summed E-state index contributed by atoms with van der Waals surface area (Å²) in [6.07, 6.45) is 1.64. The normalized spacial score (nSPS) is 16.3. The van der Waals surface area contributed by atoms with Crippen LogP contribution in [0.2, 0.25) is 0 Å². The molecule has 0 aromatic heterocycles. The van der Waals surface area contributed by atoms with Crippen molar-refractivity contribution >= 4 is 18.0 Å². The van der Waals surface area contributed by atoms with E-state index in [1.165, 1.54) is 11.4 Å². The minimum Gasteiger partial charge on any atom is -0.321 e. The first-order valence-corrected chi connectivity index (χ1v) is 7.46. The van der Waals surface area contributed by atoms with Gasteiger partial charge in [-0.2, -0.15) is 0 Å². The van der Waals surface area contributed by atoms with Crippen LogP contribution in [0.5, 0.6) is 0 Å². The summed E-state index contributed by atoms with van der Waals surface area (Å²) in [6.45, 7) is 4.18. The highest BCUT2D eigenvalue weighted by molar-refractivity contribution is 8.56. The van der Waals surface area contributed by atoms with Crippen LogP contribution >= 0.6 is 18.0 Å². The zero-order valence-corrected chi connectivity index (χ0v) is 9.21. The molecule has 1 atom stereocenters. The highest BCUT2D eigenvalue weighted by Crippen LogP contribution is 2.59. The molecule has 11 heavy (non-hydrogen) atoms. The van der Waals surface area contributed by atoms with Gasteiger partial charge in [-0.3, -0.25) is 4.57 Å². The SMILES string of the molecule is CCCP(=O)(OCC)SCC. The second kappa shape index (κ2) is 6.10. The molecule has 0 saturated heterocycles. The highest BCUT2D eigenvalue weighted by atomic mass is 32.7. The summed E-state index contributed by atoms with van der Waals surface area (Å²) in [5, 5.41) is 0. The van der Waals surface area contributed by atoms with Crippen LogP contribution in [0.1, 0.15) is 27.2 Å². The van der Waals surface area contributed by atoms with Crippen molar-refractivity contribution in [1.82, 2.24) is 0 Å². The van der Waals surface area contributed by atoms with E-state index >= 15 is 0 Å². The number of hydrogen-bond donors (Lipinski definition) is 0. The van der Waals surface area contributed by atoms with E-state index in [9.17, 15) is 4.57 Å². The first kappa shape index (κ1) is 11.5. The second-order valence-electron chi connectivity index (χ2n) is 2.17. The molecule has 0 amide bonds. The molecule has 4 heteroatoms. The van der Waals surface area contributed by atoms with E-state index < -0.39 is 6.57 Å². The Morgan fingerprint density at radius 1 is 1.36 bits per heavy atom. The van der Waals surface area contributed by atoms with Crippen LogP contribution in [0.3, 0.4) is 0 Å². The molecule has 0 radical (unpaired) electrons. The van der Waals surface area contributed by atoms with E-state index in [4.69, 9.17) is 4.52 Å². The number of rotatable bonds is 6. The Morgan fingerprint density at radius 2 is 2.00 bits per heavy atom. The summed E-state index contributed by atoms with van der Waals surface area (Å²) in [4.78, 5) is 0. The summed E-state index contributed by atoms with van der Waals surface area (Å²) in [5.41, 5.74) is 0. The average Bonchev–Trinajstić information content (AvgIpc) is 1.88. The Hall–Kier alpha value is 0.540. The molecule has 0 N–H and O–H groups in total. The molecule has 0 aromatic carbocycles. The van der Waals surface area contributed by atoms with E-state index in [2.05, 4.69) is 0 Å². The van der Waals surface area contributed by atoms with E-state index in [1.54, 1.807) is 0 Å². The monoisotopic (exact) mass is 196 g/mol. The first-order valence-electron chi connectivity index (χ1n) is 4.06. The van der Waals surface area contributed by atoms with Crippen LogP contribution < -0.4 is 0 Å². The molecule has 1 unspecified atom stereocenters. The van der Waals surface area contributed by atoms with Gasteiger partial charge in [0.15, 0.2) is 0 Å². The second-order valence-corrected chi connectivity index (χ2v) is 7.38. The zero-order chi connectivity index (χ0) is 8.74. The molecule has 0 bridgehead atoms. The van der Waals surface area contributed by atoms with Crippen molar-refractivity contribution in [3.05, 3.63) is 0 Å². The standard InChI is InChI=1S/C7H17O2PS/c1-4-7-10(8,9-5-2)11-6-3/h4-7H2,1-3H3. The topological polar surface area (TPSA) is 26.3 Å². The molecule has 0 rings (SSSR count). The van der Waals surface area contributed by atoms with Gasteiger partial charge in [0.25, 0.3) is 6.57 Å². The molecule has 0 aliphatic carbocycles. The summed E-state index contributed by atoms with van der Waals surface area (Å²) < 4.78 is 17.0. The fourth-order valence-electron chi connectivity index (χ4n) is 0.834. The first-order chi connectivity index (χ1) is 5.18. The maximum absolute atomic E-state index is 11.8. The van der Waals surface area contributed by atoms with E-state index in [0.717, 1.165) is 12.2 Å². The largest absolute Gasteiger partial charge is 0.321 e. The lowest BCUT2D eigenvalue weighted by atomic mass is 10.6. The molecular formula is C7H17O2PS. The Kier molecular flexibility index (Phi) is 6.40. The van der Waals surface area contributed by atoms with Crippen molar-refractivity contribution in [2.45, 2.75) is 27.2 Å². The van der Waals surface area contributed by atoms with Crippen molar-refractivity contribution in [1.29, 1.82) is 0 Å². The molecular weight excluding hydrogens is 179 g/mol. The van der Waals surface area contributed by atoms with E-state index in [-0.39, 0.29) is 0 Å². The molecule has 68 valence electrons. The molecule has 0 aromatic rings. The third-order valence-corrected chi connectivity index (χ3v) is 6.27. The maximum atomic E-state index is 11.8. The summed E-state index contributed by atoms with van der Waals surface area (Å²) in [6, 6.07) is 0. The Labute approximate surface area is 73.3 Å². The van der Waals surface area contributed by atoms with Gasteiger partial charge in [0.05, 0.1) is 6.61 Å². The Balaban J connectivity index is 3.91. The van der Waals surface area contributed by atoms with Gasteiger partial charge in [-0.1, -0.05) is 25.2 Å². The van der Waals surface area contributed by atoms with Gasteiger partial charge in [0.2, 0.25) is 0 Å². The van der Waals surface area contributed by atoms with Crippen molar-refractivity contribution in [2.75, 3.05) is 18.5 Å². The predicted molar refractivity (Wildman–Crippen MR) is 52.5 cm³/mol. The van der Waals surface area contributed by atoms with Crippen molar-refractivity contribution in [3.8, 4) is 0 Å². The van der Waals surface area contributed by atoms with Crippen molar-refractivity contribution in [3.63, 3.8) is 0 Å². The van der Waals surface area contributed by atoms with Gasteiger partial charge in [0, 0.05) is 6.16 Å². The highest BCUT2D eigenvalue weighted by Gasteiger charge is 2.20. The number of hydrogen-bond acceptors (Lipinski definition) is 3. The molecule has 0 saturated carbocycles. The van der Waals surface area contributed by atoms with E-state index in [1.807, 2.05) is 20.8 Å². The van der Waals surface area contributed by atoms with Gasteiger partial charge >= 0.3 is 0 Å². The van der Waals surface area contributed by atoms with Crippen LogP contribution in [0.25, 0.3) is 0 Å². The minimum absolute atomic E-state index is 0.560. The van der Waals surface area contributed by atoms with Crippen LogP contribution in [-0.2, 0) is 9.09 Å². The third-order valence-electron chi connectivity index (χ3n) is 1.15. The Morgan fingerprint density at radius 3 is 2.36 bits per heavy atom. The molecule has 0 aliphatic heterocycles. The fourth-order valence-corrected chi connectivity index (χ4v) is 5.16. The average molecular weight is 196 g/mol. The van der Waals surface area contributed by atoms with Crippen LogP contribution in [-0.4, -0.2) is 18.5 Å². The lowest BCUT2D eigenvalue weighted by molar-refractivity contribution is 0.345. The fraction of sp³-hybridized carbons (Fsp3) is 1.00. The quantitative estimate of drug-likeness (QED) is 0.609. The molecule has 0 spiro atoms. The van der Waals surface area contributed by atoms with Crippen LogP contribution in [0.15, 0.2) is 0 Å². The van der Waals surface area contributed by atoms with Gasteiger partial charge in [-0.25, -0.2) is 0 Å². The smallest absolute Gasteiger partial charge is 0.257 e. The third kappa shape index (κ3) is 4.89. The van der Waals surface area contributed by atoms with E-state index in [0.29, 0.717) is 12.8 Å². The lowest BCUT2D eigenvalue weighted by Gasteiger charge is -2.14. The Bertz CT molecular complexity index is 115. The van der Waals surface area contributed by atoms with Gasteiger partial charge < -0.3 is 4.52 Å². The summed E-state index contributed by atoms with van der Waals surface area (Å²) in [7, 11) is 0. The van der Waals surface area contributed by atoms with Crippen LogP contribution in [0, 0.1) is 0 Å². The van der Waals surface area contributed by atoms with Gasteiger partial charge in [-0.05, 0) is 19.1 Å². The lowest BCUT2D eigenvalue weighted by Crippen LogP contribution is -1.91. The maximum Gasteiger partial charge on any atom is 0.257 e. The van der Waals surface area contributed by atoms with Crippen molar-refractivity contribution < 1.29 is 9.09 Å². The summed E-state index contributed by atoms with van der Waals surface area (Å²) >= 11 is 1.46. The zero-order valence-electron chi connectivity index (χ0n) is 7.50. The molecule has 2 nitrogen and oxygen atoms in total. The van der Waals surface area contributed by atoms with Crippen molar-refractivity contribution in [2.24, 2.45) is 0 Å². The van der Waals surface area contributed by atoms with Crippen LogP contribution in [0.4, 0.5) is 0 Å². The van der Waals surface area contributed by atoms with Gasteiger partial charge in [-0.15, -0.1) is 0 Å². The molecule has 0 aliphatic rings. The summed E-state index contributed by atoms with van der Waals surface area (Å²) in [5.74, 6) is 0.872. The molecule has 0 heterocycles. The van der Waals surface area contributed by atoms with Gasteiger partial charge in [0.1, 0.15) is 0 Å². The molecule has 0 fully saturated rings.